The van der Waals surface area contributed by atoms with E-state index in [1.165, 1.54) is 0 Å². The Kier molecular flexibility index (Phi) is 4.61. The van der Waals surface area contributed by atoms with Gasteiger partial charge in [0.2, 0.25) is 0 Å². The number of hydrogen-bond donors (Lipinski definition) is 1. The van der Waals surface area contributed by atoms with Crippen LogP contribution in [0.15, 0.2) is 29.8 Å². The van der Waals surface area contributed by atoms with Crippen LogP contribution in [-0.2, 0) is 4.79 Å². The second-order valence-electron chi connectivity index (χ2n) is 6.22. The number of ketones is 1. The number of aromatic carboxylic acids is 1. The summed E-state index contributed by atoms with van der Waals surface area (Å²) in [5.74, 6) is 0.0717. The van der Waals surface area contributed by atoms with E-state index in [1.807, 2.05) is 6.08 Å². The third-order valence-electron chi connectivity index (χ3n) is 4.35. The Bertz CT molecular complexity index is 567. The second kappa shape index (κ2) is 6.25. The maximum atomic E-state index is 12.6. The molecule has 1 aliphatic carbocycles. The fourth-order valence-electron chi connectivity index (χ4n) is 2.92. The molecule has 1 aromatic carbocycles. The Hall–Kier alpha value is -1.90. The van der Waals surface area contributed by atoms with Crippen LogP contribution in [0.1, 0.15) is 49.5 Å². The first kappa shape index (κ1) is 15.5. The van der Waals surface area contributed by atoms with Gasteiger partial charge in [-0.05, 0) is 54.0 Å². The van der Waals surface area contributed by atoms with Gasteiger partial charge >= 0.3 is 5.97 Å². The van der Waals surface area contributed by atoms with Gasteiger partial charge in [0.05, 0.1) is 5.56 Å². The minimum atomic E-state index is -0.934. The average Bonchev–Trinajstić information content (AvgIpc) is 2.43. The first-order valence-electron chi connectivity index (χ1n) is 7.49. The molecule has 0 amide bonds. The molecular formula is C18H22O3. The summed E-state index contributed by atoms with van der Waals surface area (Å²) in [6.07, 6.45) is 3.92. The molecule has 3 nitrogen and oxygen atoms in total. The van der Waals surface area contributed by atoms with Gasteiger partial charge in [-0.15, -0.1) is 0 Å². The van der Waals surface area contributed by atoms with E-state index >= 15 is 0 Å². The van der Waals surface area contributed by atoms with Gasteiger partial charge in [-0.1, -0.05) is 32.9 Å². The number of carbonyl (C=O) groups is 2. The quantitative estimate of drug-likeness (QED) is 0.853. The van der Waals surface area contributed by atoms with E-state index in [2.05, 4.69) is 20.8 Å². The average molecular weight is 286 g/mol. The number of rotatable bonds is 3. The van der Waals surface area contributed by atoms with Crippen LogP contribution in [-0.4, -0.2) is 16.9 Å². The van der Waals surface area contributed by atoms with Gasteiger partial charge in [0, 0.05) is 5.92 Å². The monoisotopic (exact) mass is 286 g/mol. The number of carboxylic acids is 1. The number of benzene rings is 1. The van der Waals surface area contributed by atoms with E-state index < -0.39 is 5.97 Å². The normalized spacial score (nSPS) is 24.6. The Morgan fingerprint density at radius 3 is 2.38 bits per heavy atom. The zero-order chi connectivity index (χ0) is 15.6. The van der Waals surface area contributed by atoms with Crippen molar-refractivity contribution < 1.29 is 14.7 Å². The summed E-state index contributed by atoms with van der Waals surface area (Å²) in [7, 11) is 0. The van der Waals surface area contributed by atoms with Gasteiger partial charge in [-0.25, -0.2) is 4.79 Å². The van der Waals surface area contributed by atoms with Crippen LogP contribution in [0.25, 0.3) is 6.08 Å². The molecule has 2 rings (SSSR count). The molecular weight excluding hydrogens is 264 g/mol. The van der Waals surface area contributed by atoms with Gasteiger partial charge < -0.3 is 5.11 Å². The maximum absolute atomic E-state index is 12.6. The molecule has 0 radical (unpaired) electrons. The summed E-state index contributed by atoms with van der Waals surface area (Å²) in [5, 5.41) is 8.91. The van der Waals surface area contributed by atoms with Crippen molar-refractivity contribution in [2.24, 2.45) is 17.8 Å². The van der Waals surface area contributed by atoms with Crippen molar-refractivity contribution in [3.8, 4) is 0 Å². The Morgan fingerprint density at radius 1 is 1.24 bits per heavy atom. The molecule has 2 atom stereocenters. The van der Waals surface area contributed by atoms with Crippen LogP contribution >= 0.6 is 0 Å². The largest absolute Gasteiger partial charge is 0.478 e. The molecule has 1 aromatic rings. The molecule has 0 spiro atoms. The predicted octanol–water partition coefficient (Wildman–Crippen LogP) is 4.04. The van der Waals surface area contributed by atoms with E-state index in [9.17, 15) is 9.59 Å². The lowest BCUT2D eigenvalue weighted by Gasteiger charge is -2.30. The van der Waals surface area contributed by atoms with Crippen molar-refractivity contribution in [3.05, 3.63) is 41.0 Å². The van der Waals surface area contributed by atoms with Crippen molar-refractivity contribution in [1.82, 2.24) is 0 Å². The molecule has 0 saturated heterocycles. The zero-order valence-electron chi connectivity index (χ0n) is 12.8. The Balaban J connectivity index is 2.28. The molecule has 0 heterocycles. The topological polar surface area (TPSA) is 54.4 Å². The molecule has 1 fully saturated rings. The lowest BCUT2D eigenvalue weighted by atomic mass is 9.73. The molecule has 3 heteroatoms. The summed E-state index contributed by atoms with van der Waals surface area (Å²) in [6.45, 7) is 6.28. The number of allylic oxidation sites excluding steroid dienone is 1. The molecule has 1 saturated carbocycles. The van der Waals surface area contributed by atoms with Gasteiger partial charge in [0.15, 0.2) is 5.78 Å². The van der Waals surface area contributed by atoms with Crippen LogP contribution < -0.4 is 0 Å². The van der Waals surface area contributed by atoms with Gasteiger partial charge in [0.1, 0.15) is 0 Å². The number of carboxylic acid groups (broad SMARTS) is 1. The smallest absolute Gasteiger partial charge is 0.335 e. The van der Waals surface area contributed by atoms with E-state index in [1.54, 1.807) is 24.3 Å². The number of Topliss-reactive ketones (excluding diaryl/α,β-unsaturated/α-hetero) is 1. The highest BCUT2D eigenvalue weighted by Crippen LogP contribution is 2.35. The molecule has 112 valence electrons. The van der Waals surface area contributed by atoms with Crippen LogP contribution in [0.4, 0.5) is 0 Å². The predicted molar refractivity (Wildman–Crippen MR) is 83.1 cm³/mol. The Labute approximate surface area is 125 Å². The standard InChI is InChI=1S/C18H22O3/c1-11(2)15-9-4-12(3)16(17(15)19)10-13-5-7-14(8-6-13)18(20)21/h5-8,10-12,15H,4,9H2,1-3H3,(H,20,21)/t12-,15+/m0/s1. The lowest BCUT2D eigenvalue weighted by molar-refractivity contribution is -0.122. The van der Waals surface area contributed by atoms with Crippen molar-refractivity contribution in [2.75, 3.05) is 0 Å². The highest BCUT2D eigenvalue weighted by atomic mass is 16.4. The first-order chi connectivity index (χ1) is 9.90. The Morgan fingerprint density at radius 2 is 1.86 bits per heavy atom. The SMILES string of the molecule is CC(C)[C@H]1CC[C@H](C)C(=Cc2ccc(C(=O)O)cc2)C1=O. The third kappa shape index (κ3) is 3.41. The number of carbonyl (C=O) groups excluding carboxylic acids is 1. The highest BCUT2D eigenvalue weighted by molar-refractivity contribution is 6.02. The molecule has 1 N–H and O–H groups in total. The zero-order valence-corrected chi connectivity index (χ0v) is 12.8. The van der Waals surface area contributed by atoms with E-state index in [0.29, 0.717) is 5.92 Å². The third-order valence-corrected chi connectivity index (χ3v) is 4.35. The van der Waals surface area contributed by atoms with Crippen LogP contribution in [0.3, 0.4) is 0 Å². The maximum Gasteiger partial charge on any atom is 0.335 e. The summed E-state index contributed by atoms with van der Waals surface area (Å²) < 4.78 is 0. The fraction of sp³-hybridized carbons (Fsp3) is 0.444. The molecule has 0 aromatic heterocycles. The first-order valence-corrected chi connectivity index (χ1v) is 7.49. The fourth-order valence-corrected chi connectivity index (χ4v) is 2.92. The number of hydrogen-bond acceptors (Lipinski definition) is 2. The van der Waals surface area contributed by atoms with Crippen LogP contribution in [0, 0.1) is 17.8 Å². The summed E-state index contributed by atoms with van der Waals surface area (Å²) in [4.78, 5) is 23.4. The van der Waals surface area contributed by atoms with E-state index in [0.717, 1.165) is 24.0 Å². The van der Waals surface area contributed by atoms with Gasteiger partial charge in [0.25, 0.3) is 0 Å². The molecule has 1 aliphatic rings. The van der Waals surface area contributed by atoms with Crippen molar-refractivity contribution in [1.29, 1.82) is 0 Å². The molecule has 0 bridgehead atoms. The van der Waals surface area contributed by atoms with Crippen molar-refractivity contribution in [3.63, 3.8) is 0 Å². The highest BCUT2D eigenvalue weighted by Gasteiger charge is 2.32. The van der Waals surface area contributed by atoms with Crippen molar-refractivity contribution in [2.45, 2.75) is 33.6 Å². The summed E-state index contributed by atoms with van der Waals surface area (Å²) in [5.41, 5.74) is 2.03. The summed E-state index contributed by atoms with van der Waals surface area (Å²) >= 11 is 0. The van der Waals surface area contributed by atoms with Crippen LogP contribution in [0.5, 0.6) is 0 Å². The minimum Gasteiger partial charge on any atom is -0.478 e. The summed E-state index contributed by atoms with van der Waals surface area (Å²) in [6, 6.07) is 6.67. The van der Waals surface area contributed by atoms with Crippen LogP contribution in [0.2, 0.25) is 0 Å². The minimum absolute atomic E-state index is 0.116. The van der Waals surface area contributed by atoms with Gasteiger partial charge in [-0.2, -0.15) is 0 Å². The van der Waals surface area contributed by atoms with Gasteiger partial charge in [-0.3, -0.25) is 4.79 Å². The van der Waals surface area contributed by atoms with E-state index in [4.69, 9.17) is 5.11 Å². The second-order valence-corrected chi connectivity index (χ2v) is 6.22. The van der Waals surface area contributed by atoms with Crippen molar-refractivity contribution >= 4 is 17.8 Å². The van der Waals surface area contributed by atoms with E-state index in [-0.39, 0.29) is 23.2 Å². The molecule has 0 aliphatic heterocycles. The lowest BCUT2D eigenvalue weighted by Crippen LogP contribution is -2.30. The molecule has 0 unspecified atom stereocenters. The molecule has 21 heavy (non-hydrogen) atoms.